The van der Waals surface area contributed by atoms with Gasteiger partial charge in [-0.3, -0.25) is 0 Å². The van der Waals surface area contributed by atoms with Crippen LogP contribution in [0.1, 0.15) is 48.0 Å². The summed E-state index contributed by atoms with van der Waals surface area (Å²) >= 11 is 2.06. The normalized spacial score (nSPS) is 16.7. The van der Waals surface area contributed by atoms with Gasteiger partial charge in [0.1, 0.15) is 0 Å². The van der Waals surface area contributed by atoms with E-state index in [1.807, 2.05) is 0 Å². The lowest BCUT2D eigenvalue weighted by molar-refractivity contribution is 0.403. The second-order valence-electron chi connectivity index (χ2n) is 4.97. The predicted molar refractivity (Wildman–Crippen MR) is 69.1 cm³/mol. The van der Waals surface area contributed by atoms with Crippen LogP contribution < -0.4 is 5.32 Å². The predicted octanol–water partition coefficient (Wildman–Crippen LogP) is 3.54. The summed E-state index contributed by atoms with van der Waals surface area (Å²) in [5.41, 5.74) is 0. The molecule has 0 radical (unpaired) electrons. The summed E-state index contributed by atoms with van der Waals surface area (Å²) in [5.74, 6) is 2.01. The molecule has 86 valence electrons. The first-order chi connectivity index (χ1) is 6.40. The van der Waals surface area contributed by atoms with Gasteiger partial charge in [-0.25, -0.2) is 0 Å². The molecule has 0 aliphatic heterocycles. The average molecular weight is 217 g/mol. The van der Waals surface area contributed by atoms with Gasteiger partial charge in [0.15, 0.2) is 0 Å². The Morgan fingerprint density at radius 1 is 1.21 bits per heavy atom. The lowest BCUT2D eigenvalue weighted by Gasteiger charge is -2.27. The Morgan fingerprint density at radius 3 is 2.14 bits per heavy atom. The van der Waals surface area contributed by atoms with Crippen LogP contribution >= 0.6 is 11.8 Å². The summed E-state index contributed by atoms with van der Waals surface area (Å²) in [5, 5.41) is 3.59. The molecule has 0 heterocycles. The molecular weight excluding hydrogens is 190 g/mol. The zero-order valence-electron chi connectivity index (χ0n) is 10.7. The van der Waals surface area contributed by atoms with Crippen molar-refractivity contribution in [3.63, 3.8) is 0 Å². The fraction of sp³-hybridized carbons (Fsp3) is 1.00. The molecule has 0 aromatic heterocycles. The van der Waals surface area contributed by atoms with Crippen molar-refractivity contribution in [3.8, 4) is 0 Å². The van der Waals surface area contributed by atoms with Crippen LogP contribution in [0.15, 0.2) is 0 Å². The van der Waals surface area contributed by atoms with E-state index in [0.717, 1.165) is 12.5 Å². The molecule has 1 N–H and O–H groups in total. The zero-order chi connectivity index (χ0) is 11.2. The molecule has 0 bridgehead atoms. The van der Waals surface area contributed by atoms with Gasteiger partial charge in [0.25, 0.3) is 0 Å². The Hall–Kier alpha value is 0.310. The second-order valence-corrected chi connectivity index (χ2v) is 6.82. The summed E-state index contributed by atoms with van der Waals surface area (Å²) in [6.07, 6.45) is 1.27. The van der Waals surface area contributed by atoms with Crippen LogP contribution in [0.25, 0.3) is 0 Å². The molecule has 0 fully saturated rings. The van der Waals surface area contributed by atoms with Crippen LogP contribution in [-0.4, -0.2) is 23.1 Å². The molecule has 0 saturated heterocycles. The van der Waals surface area contributed by atoms with E-state index in [4.69, 9.17) is 0 Å². The Morgan fingerprint density at radius 2 is 1.79 bits per heavy atom. The highest BCUT2D eigenvalue weighted by Gasteiger charge is 2.18. The molecular formula is C12H27NS. The first-order valence-corrected chi connectivity index (χ1v) is 6.76. The molecule has 0 saturated carbocycles. The van der Waals surface area contributed by atoms with Crippen molar-refractivity contribution in [2.75, 3.05) is 12.3 Å². The van der Waals surface area contributed by atoms with Crippen molar-refractivity contribution < 1.29 is 0 Å². The van der Waals surface area contributed by atoms with Crippen LogP contribution in [0.4, 0.5) is 0 Å². The summed E-state index contributed by atoms with van der Waals surface area (Å²) in [6, 6.07) is 0.675. The SMILES string of the molecule is CCNC(CSC(C)(C)C)C(C)CC. The van der Waals surface area contributed by atoms with E-state index >= 15 is 0 Å². The monoisotopic (exact) mass is 217 g/mol. The van der Waals surface area contributed by atoms with Gasteiger partial charge in [-0.15, -0.1) is 0 Å². The average Bonchev–Trinajstić information content (AvgIpc) is 2.09. The molecule has 14 heavy (non-hydrogen) atoms. The third-order valence-electron chi connectivity index (χ3n) is 2.49. The van der Waals surface area contributed by atoms with Gasteiger partial charge in [0.2, 0.25) is 0 Å². The Bertz CT molecular complexity index is 140. The molecule has 0 spiro atoms. The van der Waals surface area contributed by atoms with Crippen molar-refractivity contribution in [1.82, 2.24) is 5.32 Å². The maximum absolute atomic E-state index is 3.59. The second kappa shape index (κ2) is 6.73. The Labute approximate surface area is 94.4 Å². The van der Waals surface area contributed by atoms with Crippen LogP contribution in [0, 0.1) is 5.92 Å². The standard InChI is InChI=1S/C12H27NS/c1-7-10(3)11(13-8-2)9-14-12(4,5)6/h10-11,13H,7-9H2,1-6H3. The van der Waals surface area contributed by atoms with Gasteiger partial charge < -0.3 is 5.32 Å². The maximum atomic E-state index is 3.59. The first kappa shape index (κ1) is 14.3. The number of hydrogen-bond donors (Lipinski definition) is 1. The molecule has 2 heteroatoms. The van der Waals surface area contributed by atoms with E-state index in [2.05, 4.69) is 58.6 Å². The van der Waals surface area contributed by atoms with Gasteiger partial charge >= 0.3 is 0 Å². The fourth-order valence-electron chi connectivity index (χ4n) is 1.31. The van der Waals surface area contributed by atoms with E-state index < -0.39 is 0 Å². The van der Waals surface area contributed by atoms with Gasteiger partial charge in [-0.2, -0.15) is 11.8 Å². The minimum absolute atomic E-state index is 0.390. The van der Waals surface area contributed by atoms with Gasteiger partial charge in [-0.05, 0) is 12.5 Å². The van der Waals surface area contributed by atoms with Crippen LogP contribution in [0.3, 0.4) is 0 Å². The molecule has 1 nitrogen and oxygen atoms in total. The van der Waals surface area contributed by atoms with E-state index in [1.54, 1.807) is 0 Å². The summed E-state index contributed by atoms with van der Waals surface area (Å²) in [7, 11) is 0. The molecule has 2 unspecified atom stereocenters. The van der Waals surface area contributed by atoms with E-state index in [1.165, 1.54) is 12.2 Å². The summed E-state index contributed by atoms with van der Waals surface area (Å²) in [4.78, 5) is 0. The molecule has 0 aliphatic rings. The van der Waals surface area contributed by atoms with E-state index in [-0.39, 0.29) is 0 Å². The zero-order valence-corrected chi connectivity index (χ0v) is 11.5. The quantitative estimate of drug-likeness (QED) is 0.730. The summed E-state index contributed by atoms with van der Waals surface area (Å²) < 4.78 is 0.390. The van der Waals surface area contributed by atoms with Gasteiger partial charge in [0.05, 0.1) is 0 Å². The molecule has 0 rings (SSSR count). The highest BCUT2D eigenvalue weighted by Crippen LogP contribution is 2.25. The maximum Gasteiger partial charge on any atom is 0.0183 e. The largest absolute Gasteiger partial charge is 0.313 e. The first-order valence-electron chi connectivity index (χ1n) is 5.78. The molecule has 0 aromatic rings. The van der Waals surface area contributed by atoms with Crippen LogP contribution in [0.2, 0.25) is 0 Å². The fourth-order valence-corrected chi connectivity index (χ4v) is 2.44. The highest BCUT2D eigenvalue weighted by molar-refractivity contribution is 8.00. The van der Waals surface area contributed by atoms with Crippen LogP contribution in [-0.2, 0) is 0 Å². The Kier molecular flexibility index (Phi) is 6.88. The van der Waals surface area contributed by atoms with Gasteiger partial charge in [0, 0.05) is 16.5 Å². The Balaban J connectivity index is 3.96. The number of nitrogens with one attached hydrogen (secondary N) is 1. The van der Waals surface area contributed by atoms with Crippen molar-refractivity contribution in [3.05, 3.63) is 0 Å². The van der Waals surface area contributed by atoms with Crippen molar-refractivity contribution in [1.29, 1.82) is 0 Å². The van der Waals surface area contributed by atoms with Crippen molar-refractivity contribution >= 4 is 11.8 Å². The van der Waals surface area contributed by atoms with Crippen molar-refractivity contribution in [2.45, 2.75) is 58.8 Å². The molecule has 0 aromatic carbocycles. The molecule has 0 aliphatic carbocycles. The van der Waals surface area contributed by atoms with Gasteiger partial charge in [-0.1, -0.05) is 48.0 Å². The lowest BCUT2D eigenvalue weighted by Crippen LogP contribution is -2.37. The lowest BCUT2D eigenvalue weighted by atomic mass is 10.0. The van der Waals surface area contributed by atoms with E-state index in [0.29, 0.717) is 10.8 Å². The third kappa shape index (κ3) is 6.72. The molecule has 2 atom stereocenters. The topological polar surface area (TPSA) is 12.0 Å². The molecule has 0 amide bonds. The number of hydrogen-bond acceptors (Lipinski definition) is 2. The number of thioether (sulfide) groups is 1. The smallest absolute Gasteiger partial charge is 0.0183 e. The van der Waals surface area contributed by atoms with Crippen LogP contribution in [0.5, 0.6) is 0 Å². The highest BCUT2D eigenvalue weighted by atomic mass is 32.2. The summed E-state index contributed by atoms with van der Waals surface area (Å²) in [6.45, 7) is 14.8. The number of rotatable bonds is 6. The minimum Gasteiger partial charge on any atom is -0.313 e. The van der Waals surface area contributed by atoms with Crippen molar-refractivity contribution in [2.24, 2.45) is 5.92 Å². The van der Waals surface area contributed by atoms with E-state index in [9.17, 15) is 0 Å². The minimum atomic E-state index is 0.390. The third-order valence-corrected chi connectivity index (χ3v) is 3.88.